The molecule has 2 aromatic rings. The molecule has 2 amide bonds. The second-order valence-corrected chi connectivity index (χ2v) is 6.78. The minimum Gasteiger partial charge on any atom is -0.371 e. The lowest BCUT2D eigenvalue weighted by Crippen LogP contribution is -2.58. The smallest absolute Gasteiger partial charge is 0.317 e. The number of carbonyl (C=O) groups is 1. The van der Waals surface area contributed by atoms with E-state index in [0.29, 0.717) is 19.7 Å². The zero-order valence-corrected chi connectivity index (χ0v) is 13.8. The fraction of sp³-hybridized carbons (Fsp3) is 0.474. The van der Waals surface area contributed by atoms with Crippen LogP contribution in [0.1, 0.15) is 24.8 Å². The Hall–Kier alpha value is -2.14. The fourth-order valence-corrected chi connectivity index (χ4v) is 3.68. The summed E-state index contributed by atoms with van der Waals surface area (Å²) >= 11 is 0. The van der Waals surface area contributed by atoms with Gasteiger partial charge >= 0.3 is 6.03 Å². The number of carbonyl (C=O) groups excluding carboxylic acids is 1. The molecule has 126 valence electrons. The van der Waals surface area contributed by atoms with Crippen molar-refractivity contribution in [3.05, 3.63) is 42.1 Å². The number of fused-ring (bicyclic) bond motifs is 1. The van der Waals surface area contributed by atoms with Gasteiger partial charge in [0.1, 0.15) is 0 Å². The number of amides is 2. The second-order valence-electron chi connectivity index (χ2n) is 6.78. The van der Waals surface area contributed by atoms with Gasteiger partial charge in [0, 0.05) is 24.7 Å². The quantitative estimate of drug-likeness (QED) is 0.944. The van der Waals surface area contributed by atoms with Crippen LogP contribution in [0.25, 0.3) is 10.9 Å². The van der Waals surface area contributed by atoms with Crippen molar-refractivity contribution in [1.29, 1.82) is 0 Å². The predicted octanol–water partition coefficient (Wildman–Crippen LogP) is 2.74. The number of rotatable bonds is 3. The van der Waals surface area contributed by atoms with Crippen molar-refractivity contribution in [3.8, 4) is 0 Å². The first-order valence-electron chi connectivity index (χ1n) is 8.75. The molecule has 2 heterocycles. The number of hydrogen-bond donors (Lipinski definition) is 1. The monoisotopic (exact) mass is 325 g/mol. The molecule has 0 unspecified atom stereocenters. The van der Waals surface area contributed by atoms with Crippen molar-refractivity contribution in [1.82, 2.24) is 15.2 Å². The van der Waals surface area contributed by atoms with Gasteiger partial charge in [0.25, 0.3) is 0 Å². The topological polar surface area (TPSA) is 54.5 Å². The molecule has 5 nitrogen and oxygen atoms in total. The van der Waals surface area contributed by atoms with Crippen LogP contribution in [0.15, 0.2) is 36.5 Å². The lowest BCUT2D eigenvalue weighted by molar-refractivity contribution is -0.141. The zero-order valence-electron chi connectivity index (χ0n) is 13.8. The van der Waals surface area contributed by atoms with Gasteiger partial charge in [-0.1, -0.05) is 24.3 Å². The molecule has 1 saturated carbocycles. The van der Waals surface area contributed by atoms with E-state index in [1.807, 2.05) is 23.2 Å². The summed E-state index contributed by atoms with van der Waals surface area (Å²) < 4.78 is 5.87. The van der Waals surface area contributed by atoms with Crippen LogP contribution < -0.4 is 5.32 Å². The lowest BCUT2D eigenvalue weighted by Gasteiger charge is -2.48. The van der Waals surface area contributed by atoms with Gasteiger partial charge < -0.3 is 15.0 Å². The van der Waals surface area contributed by atoms with Gasteiger partial charge in [0.2, 0.25) is 0 Å². The molecule has 1 aliphatic heterocycles. The van der Waals surface area contributed by atoms with E-state index in [2.05, 4.69) is 28.5 Å². The summed E-state index contributed by atoms with van der Waals surface area (Å²) in [5, 5.41) is 4.20. The van der Waals surface area contributed by atoms with Crippen molar-refractivity contribution < 1.29 is 9.53 Å². The largest absolute Gasteiger partial charge is 0.371 e. The van der Waals surface area contributed by atoms with Crippen LogP contribution in [0.4, 0.5) is 4.79 Å². The number of benzene rings is 1. The van der Waals surface area contributed by atoms with E-state index >= 15 is 0 Å². The first kappa shape index (κ1) is 15.4. The molecule has 1 saturated heterocycles. The van der Waals surface area contributed by atoms with E-state index in [1.165, 1.54) is 12.0 Å². The van der Waals surface area contributed by atoms with Crippen LogP contribution in [0.3, 0.4) is 0 Å². The Morgan fingerprint density at radius 2 is 2.17 bits per heavy atom. The van der Waals surface area contributed by atoms with Crippen molar-refractivity contribution in [2.45, 2.75) is 31.3 Å². The Morgan fingerprint density at radius 3 is 3.00 bits per heavy atom. The Morgan fingerprint density at radius 1 is 1.29 bits per heavy atom. The normalized spacial score (nSPS) is 19.2. The number of urea groups is 1. The first-order valence-corrected chi connectivity index (χ1v) is 8.75. The molecule has 24 heavy (non-hydrogen) atoms. The number of ether oxygens (including phenoxy) is 1. The Balaban J connectivity index is 1.34. The molecule has 1 aromatic heterocycles. The number of pyridine rings is 1. The Labute approximate surface area is 142 Å². The average Bonchev–Trinajstić information content (AvgIpc) is 2.60. The maximum Gasteiger partial charge on any atom is 0.317 e. The van der Waals surface area contributed by atoms with Crippen LogP contribution in [-0.4, -0.2) is 47.8 Å². The number of aromatic nitrogens is 1. The third-order valence-electron chi connectivity index (χ3n) is 5.19. The van der Waals surface area contributed by atoms with Crippen molar-refractivity contribution in [2.24, 2.45) is 0 Å². The summed E-state index contributed by atoms with van der Waals surface area (Å²) in [6.07, 6.45) is 5.98. The van der Waals surface area contributed by atoms with Gasteiger partial charge in [-0.15, -0.1) is 0 Å². The first-order chi connectivity index (χ1) is 11.8. The lowest BCUT2D eigenvalue weighted by atomic mass is 9.79. The van der Waals surface area contributed by atoms with Crippen LogP contribution >= 0.6 is 0 Å². The highest BCUT2D eigenvalue weighted by Gasteiger charge is 2.43. The van der Waals surface area contributed by atoms with Gasteiger partial charge in [-0.25, -0.2) is 4.79 Å². The molecule has 0 atom stereocenters. The molecule has 0 bridgehead atoms. The third kappa shape index (κ3) is 2.96. The van der Waals surface area contributed by atoms with Crippen molar-refractivity contribution in [3.63, 3.8) is 0 Å². The van der Waals surface area contributed by atoms with Crippen molar-refractivity contribution in [2.75, 3.05) is 26.2 Å². The van der Waals surface area contributed by atoms with Crippen LogP contribution in [0, 0.1) is 0 Å². The molecule has 1 N–H and O–H groups in total. The van der Waals surface area contributed by atoms with Gasteiger partial charge in [-0.3, -0.25) is 4.98 Å². The number of hydrogen-bond acceptors (Lipinski definition) is 3. The Bertz CT molecular complexity index is 737. The van der Waals surface area contributed by atoms with Gasteiger partial charge in [-0.05, 0) is 37.3 Å². The minimum atomic E-state index is -0.0465. The molecule has 2 aliphatic rings. The molecule has 4 rings (SSSR count). The van der Waals surface area contributed by atoms with E-state index in [0.717, 1.165) is 36.7 Å². The molecule has 1 aliphatic carbocycles. The van der Waals surface area contributed by atoms with Crippen LogP contribution in [-0.2, 0) is 11.2 Å². The molecule has 0 radical (unpaired) electrons. The molecular weight excluding hydrogens is 302 g/mol. The highest BCUT2D eigenvalue weighted by Crippen LogP contribution is 2.38. The Kier molecular flexibility index (Phi) is 4.10. The summed E-state index contributed by atoms with van der Waals surface area (Å²) in [6, 6.07) is 10.2. The number of nitrogens with one attached hydrogen (secondary N) is 1. The van der Waals surface area contributed by atoms with Crippen LogP contribution in [0.5, 0.6) is 0 Å². The highest BCUT2D eigenvalue weighted by atomic mass is 16.5. The van der Waals surface area contributed by atoms with E-state index < -0.39 is 0 Å². The maximum absolute atomic E-state index is 12.4. The van der Waals surface area contributed by atoms with Gasteiger partial charge in [0.15, 0.2) is 0 Å². The van der Waals surface area contributed by atoms with Gasteiger partial charge in [-0.2, -0.15) is 0 Å². The highest BCUT2D eigenvalue weighted by molar-refractivity contribution is 5.81. The second kappa shape index (κ2) is 6.40. The molecule has 2 fully saturated rings. The molecular formula is C19H23N3O2. The average molecular weight is 325 g/mol. The zero-order chi connectivity index (χ0) is 16.4. The van der Waals surface area contributed by atoms with Crippen molar-refractivity contribution >= 4 is 16.9 Å². The number of para-hydroxylation sites is 1. The third-order valence-corrected chi connectivity index (χ3v) is 5.19. The van der Waals surface area contributed by atoms with Crippen LogP contribution in [0.2, 0.25) is 0 Å². The van der Waals surface area contributed by atoms with E-state index in [4.69, 9.17) is 4.74 Å². The maximum atomic E-state index is 12.4. The summed E-state index contributed by atoms with van der Waals surface area (Å²) in [7, 11) is 0. The summed E-state index contributed by atoms with van der Waals surface area (Å²) in [5.41, 5.74) is 2.15. The van der Waals surface area contributed by atoms with E-state index in [1.54, 1.807) is 0 Å². The van der Waals surface area contributed by atoms with E-state index in [9.17, 15) is 4.79 Å². The van der Waals surface area contributed by atoms with Gasteiger partial charge in [0.05, 0.1) is 24.3 Å². The summed E-state index contributed by atoms with van der Waals surface area (Å²) in [4.78, 5) is 18.8. The summed E-state index contributed by atoms with van der Waals surface area (Å²) in [5.74, 6) is 0. The standard InChI is InChI=1S/C19H23N3O2/c23-18(22-12-13-24-19(14-22)8-3-9-19)21-11-7-16-5-1-4-15-6-2-10-20-17(15)16/h1-2,4-6,10H,3,7-9,11-14H2,(H,21,23). The summed E-state index contributed by atoms with van der Waals surface area (Å²) in [6.45, 7) is 2.69. The predicted molar refractivity (Wildman–Crippen MR) is 93.0 cm³/mol. The SMILES string of the molecule is O=C(NCCc1cccc2cccnc12)N1CCOC2(CCC2)C1. The fourth-order valence-electron chi connectivity index (χ4n) is 3.68. The molecule has 1 spiro atoms. The molecule has 1 aromatic carbocycles. The molecule has 5 heteroatoms. The number of morpholine rings is 1. The minimum absolute atomic E-state index is 0.0257. The number of nitrogens with zero attached hydrogens (tertiary/aromatic N) is 2. The van der Waals surface area contributed by atoms with E-state index in [-0.39, 0.29) is 11.6 Å².